The third kappa shape index (κ3) is 4.88. The van der Waals surface area contributed by atoms with E-state index in [1.807, 2.05) is 26.0 Å². The first kappa shape index (κ1) is 24.8. The standard InChI is InChI=1S/C26H25ClN2O5S2/c1-26(2)14-21(20-12-18(33-3)8-11-23(20)34-26)28-36(31,32)19-9-10-22-24(13-19)35-25(30)29(22)15-16-4-6-17(27)7-5-16/h4-13,21,28H,14-15H2,1-3H3/t21-/m1/s1. The van der Waals surface area contributed by atoms with Crippen LogP contribution < -0.4 is 19.1 Å². The number of aromatic nitrogens is 1. The van der Waals surface area contributed by atoms with Gasteiger partial charge >= 0.3 is 4.87 Å². The van der Waals surface area contributed by atoms with Gasteiger partial charge in [-0.25, -0.2) is 13.1 Å². The second kappa shape index (κ2) is 9.23. The van der Waals surface area contributed by atoms with Crippen molar-refractivity contribution in [2.75, 3.05) is 7.11 Å². The number of hydrogen-bond donors (Lipinski definition) is 1. The number of nitrogens with one attached hydrogen (secondary N) is 1. The Morgan fingerprint density at radius 1 is 1.14 bits per heavy atom. The van der Waals surface area contributed by atoms with Crippen molar-refractivity contribution in [1.82, 2.24) is 9.29 Å². The van der Waals surface area contributed by atoms with Gasteiger partial charge in [0.1, 0.15) is 17.1 Å². The Labute approximate surface area is 218 Å². The fourth-order valence-electron chi connectivity index (χ4n) is 4.46. The van der Waals surface area contributed by atoms with E-state index < -0.39 is 21.7 Å². The van der Waals surface area contributed by atoms with Gasteiger partial charge in [-0.1, -0.05) is 35.1 Å². The average molecular weight is 545 g/mol. The Hall–Kier alpha value is -2.85. The molecule has 4 aromatic rings. The average Bonchev–Trinajstić information content (AvgIpc) is 3.13. The molecular formula is C26H25ClN2O5S2. The predicted molar refractivity (Wildman–Crippen MR) is 142 cm³/mol. The molecule has 1 atom stereocenters. The van der Waals surface area contributed by atoms with Crippen molar-refractivity contribution in [3.8, 4) is 11.5 Å². The second-order valence-electron chi connectivity index (χ2n) is 9.35. The summed E-state index contributed by atoms with van der Waals surface area (Å²) in [6.07, 6.45) is 0.444. The molecule has 0 unspecified atom stereocenters. The molecule has 1 aliphatic heterocycles. The summed E-state index contributed by atoms with van der Waals surface area (Å²) in [6.45, 7) is 4.22. The van der Waals surface area contributed by atoms with Crippen LogP contribution in [0.4, 0.5) is 0 Å². The molecule has 0 amide bonds. The van der Waals surface area contributed by atoms with Gasteiger partial charge in [-0.15, -0.1) is 0 Å². The summed E-state index contributed by atoms with van der Waals surface area (Å²) in [5.74, 6) is 1.24. The van der Waals surface area contributed by atoms with E-state index in [0.717, 1.165) is 22.5 Å². The lowest BCUT2D eigenvalue weighted by atomic mass is 9.90. The maximum atomic E-state index is 13.5. The predicted octanol–water partition coefficient (Wildman–Crippen LogP) is 5.35. The minimum absolute atomic E-state index is 0.101. The molecule has 0 fully saturated rings. The molecule has 1 N–H and O–H groups in total. The fourth-order valence-corrected chi connectivity index (χ4v) is 6.83. The number of benzene rings is 3. The molecule has 36 heavy (non-hydrogen) atoms. The molecule has 0 saturated carbocycles. The largest absolute Gasteiger partial charge is 0.497 e. The topological polar surface area (TPSA) is 86.6 Å². The number of fused-ring (bicyclic) bond motifs is 2. The van der Waals surface area contributed by atoms with Crippen molar-refractivity contribution >= 4 is 43.2 Å². The van der Waals surface area contributed by atoms with Gasteiger partial charge in [0.25, 0.3) is 0 Å². The zero-order chi connectivity index (χ0) is 25.7. The lowest BCUT2D eigenvalue weighted by molar-refractivity contribution is 0.0700. The Morgan fingerprint density at radius 3 is 2.61 bits per heavy atom. The normalized spacial score (nSPS) is 16.9. The van der Waals surface area contributed by atoms with Crippen LogP contribution in [0.1, 0.15) is 37.4 Å². The van der Waals surface area contributed by atoms with E-state index >= 15 is 0 Å². The molecule has 2 heterocycles. The first-order valence-electron chi connectivity index (χ1n) is 11.3. The van der Waals surface area contributed by atoms with Crippen LogP contribution in [-0.4, -0.2) is 25.7 Å². The highest BCUT2D eigenvalue weighted by Gasteiger charge is 2.36. The van der Waals surface area contributed by atoms with E-state index in [-0.39, 0.29) is 9.77 Å². The van der Waals surface area contributed by atoms with Gasteiger partial charge < -0.3 is 9.47 Å². The van der Waals surface area contributed by atoms with Crippen LogP contribution >= 0.6 is 22.9 Å². The first-order chi connectivity index (χ1) is 17.0. The highest BCUT2D eigenvalue weighted by Crippen LogP contribution is 2.41. The molecule has 0 saturated heterocycles. The van der Waals surface area contributed by atoms with E-state index in [0.29, 0.717) is 39.7 Å². The maximum Gasteiger partial charge on any atom is 0.308 e. The molecule has 10 heteroatoms. The SMILES string of the molecule is COc1ccc2c(c1)[C@H](NS(=O)(=O)c1ccc3c(c1)sc(=O)n3Cc1ccc(Cl)cc1)CC(C)(C)O2. The van der Waals surface area contributed by atoms with Crippen molar-refractivity contribution in [3.05, 3.63) is 86.5 Å². The smallest absolute Gasteiger partial charge is 0.308 e. The maximum absolute atomic E-state index is 13.5. The van der Waals surface area contributed by atoms with Crippen LogP contribution in [0, 0.1) is 0 Å². The molecule has 188 valence electrons. The number of rotatable bonds is 6. The Morgan fingerprint density at radius 2 is 1.89 bits per heavy atom. The van der Waals surface area contributed by atoms with Gasteiger partial charge in [0.2, 0.25) is 10.0 Å². The number of methoxy groups -OCH3 is 1. The van der Waals surface area contributed by atoms with Crippen LogP contribution in [0.2, 0.25) is 5.02 Å². The van der Waals surface area contributed by atoms with E-state index in [4.69, 9.17) is 21.1 Å². The van der Waals surface area contributed by atoms with Gasteiger partial charge in [-0.3, -0.25) is 9.36 Å². The summed E-state index contributed by atoms with van der Waals surface area (Å²) in [5, 5.41) is 0.623. The summed E-state index contributed by atoms with van der Waals surface area (Å²) >= 11 is 6.99. The molecule has 0 aliphatic carbocycles. The van der Waals surface area contributed by atoms with Gasteiger partial charge in [0, 0.05) is 17.0 Å². The molecular weight excluding hydrogens is 520 g/mol. The monoisotopic (exact) mass is 544 g/mol. The summed E-state index contributed by atoms with van der Waals surface area (Å²) < 4.78 is 43.4. The summed E-state index contributed by atoms with van der Waals surface area (Å²) in [4.78, 5) is 12.7. The third-order valence-electron chi connectivity index (χ3n) is 6.18. The van der Waals surface area contributed by atoms with Crippen molar-refractivity contribution < 1.29 is 17.9 Å². The highest BCUT2D eigenvalue weighted by molar-refractivity contribution is 7.89. The van der Waals surface area contributed by atoms with E-state index in [1.165, 1.54) is 6.07 Å². The molecule has 7 nitrogen and oxygen atoms in total. The zero-order valence-corrected chi connectivity index (χ0v) is 22.3. The van der Waals surface area contributed by atoms with E-state index in [9.17, 15) is 13.2 Å². The van der Waals surface area contributed by atoms with E-state index in [2.05, 4.69) is 4.72 Å². The number of nitrogens with zero attached hydrogens (tertiary/aromatic N) is 1. The van der Waals surface area contributed by atoms with Gasteiger partial charge in [-0.05, 0) is 67.9 Å². The number of hydrogen-bond acceptors (Lipinski definition) is 6. The number of thiazole rings is 1. The molecule has 0 bridgehead atoms. The molecule has 3 aromatic carbocycles. The van der Waals surface area contributed by atoms with Crippen LogP contribution in [0.25, 0.3) is 10.2 Å². The zero-order valence-electron chi connectivity index (χ0n) is 19.9. The number of ether oxygens (including phenoxy) is 2. The quantitative estimate of drug-likeness (QED) is 0.353. The van der Waals surface area contributed by atoms with Gasteiger partial charge in [-0.2, -0.15) is 0 Å². The summed E-state index contributed by atoms with van der Waals surface area (Å²) in [5.41, 5.74) is 1.77. The number of sulfonamides is 1. The number of halogens is 1. The fraction of sp³-hybridized carbons (Fsp3) is 0.269. The van der Waals surface area contributed by atoms with Crippen LogP contribution in [-0.2, 0) is 16.6 Å². The lowest BCUT2D eigenvalue weighted by Crippen LogP contribution is -2.41. The molecule has 1 aromatic heterocycles. The Balaban J connectivity index is 1.47. The van der Waals surface area contributed by atoms with Crippen molar-refractivity contribution in [2.45, 2.75) is 43.4 Å². The molecule has 1 aliphatic rings. The van der Waals surface area contributed by atoms with E-state index in [1.54, 1.807) is 54.1 Å². The molecule has 0 radical (unpaired) electrons. The second-order valence-corrected chi connectivity index (χ2v) is 12.5. The van der Waals surface area contributed by atoms with Crippen LogP contribution in [0.5, 0.6) is 11.5 Å². The first-order valence-corrected chi connectivity index (χ1v) is 14.0. The minimum atomic E-state index is -3.90. The molecule has 0 spiro atoms. The van der Waals surface area contributed by atoms with Crippen molar-refractivity contribution in [1.29, 1.82) is 0 Å². The van der Waals surface area contributed by atoms with Crippen molar-refractivity contribution in [3.63, 3.8) is 0 Å². The summed E-state index contributed by atoms with van der Waals surface area (Å²) in [7, 11) is -2.33. The highest BCUT2D eigenvalue weighted by atomic mass is 35.5. The Bertz CT molecular complexity index is 1610. The van der Waals surface area contributed by atoms with Crippen LogP contribution in [0.15, 0.2) is 70.4 Å². The third-order valence-corrected chi connectivity index (χ3v) is 8.84. The van der Waals surface area contributed by atoms with Gasteiger partial charge in [0.15, 0.2) is 0 Å². The minimum Gasteiger partial charge on any atom is -0.497 e. The summed E-state index contributed by atoms with van der Waals surface area (Å²) in [6, 6.07) is 16.9. The van der Waals surface area contributed by atoms with Gasteiger partial charge in [0.05, 0.1) is 34.8 Å². The lowest BCUT2D eigenvalue weighted by Gasteiger charge is -2.37. The van der Waals surface area contributed by atoms with Crippen LogP contribution in [0.3, 0.4) is 0 Å². The Kier molecular flexibility index (Phi) is 6.36. The molecule has 5 rings (SSSR count). The van der Waals surface area contributed by atoms with Crippen molar-refractivity contribution in [2.24, 2.45) is 0 Å².